The van der Waals surface area contributed by atoms with Gasteiger partial charge in [0.25, 0.3) is 0 Å². The molecule has 0 aromatic carbocycles. The summed E-state index contributed by atoms with van der Waals surface area (Å²) >= 11 is 0. The molecule has 0 saturated carbocycles. The topological polar surface area (TPSA) is 60.2 Å². The van der Waals surface area contributed by atoms with Gasteiger partial charge < -0.3 is 15.8 Å². The average Bonchev–Trinajstić information content (AvgIpc) is 2.04. The van der Waals surface area contributed by atoms with Crippen LogP contribution in [0.15, 0.2) is 12.3 Å². The highest BCUT2D eigenvalue weighted by Crippen LogP contribution is 2.27. The maximum atomic E-state index is 5.60. The molecular weight excluding hydrogens is 142 g/mol. The van der Waals surface area contributed by atoms with Crippen molar-refractivity contribution in [2.75, 3.05) is 25.2 Å². The van der Waals surface area contributed by atoms with Crippen molar-refractivity contribution in [3.63, 3.8) is 0 Å². The zero-order chi connectivity index (χ0) is 8.27. The third kappa shape index (κ3) is 1.34. The first-order chi connectivity index (χ1) is 5.29. The van der Waals surface area contributed by atoms with Crippen molar-refractivity contribution in [1.82, 2.24) is 4.98 Å². The van der Waals surface area contributed by atoms with Gasteiger partial charge in [0, 0.05) is 13.2 Å². The zero-order valence-electron chi connectivity index (χ0n) is 6.59. The van der Waals surface area contributed by atoms with Crippen molar-refractivity contribution < 1.29 is 4.74 Å². The molecule has 0 radical (unpaired) electrons. The molecular formula is C7H11N3O. The Labute approximate surface area is 65.4 Å². The number of methoxy groups -OCH3 is 1. The van der Waals surface area contributed by atoms with Gasteiger partial charge in [0.15, 0.2) is 11.6 Å². The lowest BCUT2D eigenvalue weighted by Gasteiger charge is -2.07. The highest BCUT2D eigenvalue weighted by Gasteiger charge is 2.04. The minimum absolute atomic E-state index is 0.590. The lowest BCUT2D eigenvalue weighted by Crippen LogP contribution is -1.99. The van der Waals surface area contributed by atoms with E-state index in [1.807, 2.05) is 0 Å². The molecule has 0 amide bonds. The molecule has 3 N–H and O–H groups in total. The van der Waals surface area contributed by atoms with Gasteiger partial charge >= 0.3 is 0 Å². The van der Waals surface area contributed by atoms with Crippen LogP contribution in [0.3, 0.4) is 0 Å². The molecule has 1 heterocycles. The second-order valence-corrected chi connectivity index (χ2v) is 2.03. The highest BCUT2D eigenvalue weighted by atomic mass is 16.5. The number of rotatable bonds is 2. The van der Waals surface area contributed by atoms with E-state index in [0.717, 1.165) is 0 Å². The second kappa shape index (κ2) is 3.09. The number of pyridine rings is 1. The molecule has 1 aromatic heterocycles. The summed E-state index contributed by atoms with van der Waals surface area (Å²) in [7, 11) is 3.33. The minimum atomic E-state index is 0.590. The van der Waals surface area contributed by atoms with E-state index < -0.39 is 0 Å². The van der Waals surface area contributed by atoms with Crippen molar-refractivity contribution in [2.24, 2.45) is 0 Å². The zero-order valence-corrected chi connectivity index (χ0v) is 6.59. The molecule has 0 spiro atoms. The maximum Gasteiger partial charge on any atom is 0.184 e. The molecule has 11 heavy (non-hydrogen) atoms. The van der Waals surface area contributed by atoms with Crippen molar-refractivity contribution in [3.05, 3.63) is 12.3 Å². The molecule has 0 aliphatic carbocycles. The first-order valence-corrected chi connectivity index (χ1v) is 3.25. The van der Waals surface area contributed by atoms with E-state index in [1.165, 1.54) is 0 Å². The van der Waals surface area contributed by atoms with E-state index >= 15 is 0 Å². The normalized spacial score (nSPS) is 9.27. The van der Waals surface area contributed by atoms with Gasteiger partial charge in [-0.3, -0.25) is 0 Å². The number of nitrogens with two attached hydrogens (primary N) is 1. The molecule has 60 valence electrons. The lowest BCUT2D eigenvalue weighted by molar-refractivity contribution is 0.417. The molecule has 4 nitrogen and oxygen atoms in total. The maximum absolute atomic E-state index is 5.60. The molecule has 0 aliphatic heterocycles. The number of nitrogens with zero attached hydrogens (tertiary/aromatic N) is 1. The Kier molecular flexibility index (Phi) is 2.15. The fourth-order valence-corrected chi connectivity index (χ4v) is 0.856. The number of nitrogen functional groups attached to an aromatic ring is 1. The standard InChI is InChI=1S/C7H11N3O/c1-9-7-6(11-2)5(8)3-4-10-7/h3-4H,1-2H3,(H3,8,9,10). The van der Waals surface area contributed by atoms with E-state index in [1.54, 1.807) is 26.4 Å². The van der Waals surface area contributed by atoms with Crippen LogP contribution < -0.4 is 15.8 Å². The molecule has 1 aromatic rings. The van der Waals surface area contributed by atoms with Crippen molar-refractivity contribution in [2.45, 2.75) is 0 Å². The van der Waals surface area contributed by atoms with Gasteiger partial charge in [0.05, 0.1) is 12.8 Å². The number of ether oxygens (including phenoxy) is 1. The molecule has 4 heteroatoms. The third-order valence-electron chi connectivity index (χ3n) is 1.38. The number of hydrogen-bond acceptors (Lipinski definition) is 4. The summed E-state index contributed by atoms with van der Waals surface area (Å²) in [6.45, 7) is 0. The predicted molar refractivity (Wildman–Crippen MR) is 44.7 cm³/mol. The van der Waals surface area contributed by atoms with E-state index in [-0.39, 0.29) is 0 Å². The summed E-state index contributed by atoms with van der Waals surface area (Å²) in [5.41, 5.74) is 6.19. The molecule has 0 unspecified atom stereocenters. The second-order valence-electron chi connectivity index (χ2n) is 2.03. The smallest absolute Gasteiger partial charge is 0.184 e. The number of nitrogens with one attached hydrogen (secondary N) is 1. The number of hydrogen-bond donors (Lipinski definition) is 2. The molecule has 1 rings (SSSR count). The van der Waals surface area contributed by atoms with Crippen LogP contribution in [0.2, 0.25) is 0 Å². The summed E-state index contributed by atoms with van der Waals surface area (Å²) in [4.78, 5) is 4.01. The van der Waals surface area contributed by atoms with Crippen LogP contribution >= 0.6 is 0 Å². The Morgan fingerprint density at radius 3 is 2.82 bits per heavy atom. The fourth-order valence-electron chi connectivity index (χ4n) is 0.856. The van der Waals surface area contributed by atoms with E-state index in [2.05, 4.69) is 10.3 Å². The minimum Gasteiger partial charge on any atom is -0.491 e. The van der Waals surface area contributed by atoms with Gasteiger partial charge in [0.1, 0.15) is 0 Å². The summed E-state index contributed by atoms with van der Waals surface area (Å²) in [5, 5.41) is 2.87. The largest absolute Gasteiger partial charge is 0.491 e. The van der Waals surface area contributed by atoms with Gasteiger partial charge in [-0.2, -0.15) is 0 Å². The number of aromatic nitrogens is 1. The van der Waals surface area contributed by atoms with Crippen LogP contribution in [0.5, 0.6) is 5.75 Å². The Morgan fingerprint density at radius 2 is 2.36 bits per heavy atom. The summed E-state index contributed by atoms with van der Waals surface area (Å²) in [6, 6.07) is 1.69. The van der Waals surface area contributed by atoms with E-state index in [9.17, 15) is 0 Å². The monoisotopic (exact) mass is 153 g/mol. The van der Waals surface area contributed by atoms with Gasteiger partial charge in [-0.1, -0.05) is 0 Å². The first kappa shape index (κ1) is 7.65. The third-order valence-corrected chi connectivity index (χ3v) is 1.38. The van der Waals surface area contributed by atoms with Gasteiger partial charge in [0.2, 0.25) is 0 Å². The van der Waals surface area contributed by atoms with Crippen molar-refractivity contribution >= 4 is 11.5 Å². The Balaban J connectivity index is 3.13. The average molecular weight is 153 g/mol. The number of anilines is 2. The molecule has 0 saturated heterocycles. The van der Waals surface area contributed by atoms with E-state index in [4.69, 9.17) is 10.5 Å². The van der Waals surface area contributed by atoms with Crippen molar-refractivity contribution in [3.8, 4) is 5.75 Å². The van der Waals surface area contributed by atoms with Crippen LogP contribution in [0.4, 0.5) is 11.5 Å². The van der Waals surface area contributed by atoms with Crippen LogP contribution in [0.1, 0.15) is 0 Å². The van der Waals surface area contributed by atoms with Gasteiger partial charge in [-0.25, -0.2) is 4.98 Å². The van der Waals surface area contributed by atoms with Gasteiger partial charge in [-0.15, -0.1) is 0 Å². The summed E-state index contributed by atoms with van der Waals surface area (Å²) < 4.78 is 5.02. The SMILES string of the molecule is CNc1nccc(N)c1OC. The fraction of sp³-hybridized carbons (Fsp3) is 0.286. The lowest BCUT2D eigenvalue weighted by atomic mass is 10.3. The molecule has 0 atom stereocenters. The van der Waals surface area contributed by atoms with E-state index in [0.29, 0.717) is 17.3 Å². The molecule has 0 fully saturated rings. The van der Waals surface area contributed by atoms with Crippen LogP contribution in [0.25, 0.3) is 0 Å². The Morgan fingerprint density at radius 1 is 1.64 bits per heavy atom. The summed E-state index contributed by atoms with van der Waals surface area (Å²) in [5.74, 6) is 1.25. The molecule has 0 bridgehead atoms. The quantitative estimate of drug-likeness (QED) is 0.657. The summed E-state index contributed by atoms with van der Waals surface area (Å²) in [6.07, 6.45) is 1.63. The van der Waals surface area contributed by atoms with Gasteiger partial charge in [-0.05, 0) is 6.07 Å². The Bertz CT molecular complexity index is 249. The molecule has 0 aliphatic rings. The van der Waals surface area contributed by atoms with Crippen molar-refractivity contribution in [1.29, 1.82) is 0 Å². The first-order valence-electron chi connectivity index (χ1n) is 3.25. The van der Waals surface area contributed by atoms with Crippen LogP contribution in [0, 0.1) is 0 Å². The highest BCUT2D eigenvalue weighted by molar-refractivity contribution is 5.64. The van der Waals surface area contributed by atoms with Crippen LogP contribution in [-0.2, 0) is 0 Å². The van der Waals surface area contributed by atoms with Crippen LogP contribution in [-0.4, -0.2) is 19.1 Å². The predicted octanol–water partition coefficient (Wildman–Crippen LogP) is 0.714. The Hall–Kier alpha value is -1.45.